The Hall–Kier alpha value is -0.940. The van der Waals surface area contributed by atoms with Crippen LogP contribution in [-0.4, -0.2) is 18.4 Å². The molecule has 1 aliphatic carbocycles. The minimum Gasteiger partial charge on any atom is -0.335 e. The lowest BCUT2D eigenvalue weighted by Gasteiger charge is -2.20. The summed E-state index contributed by atoms with van der Waals surface area (Å²) >= 11 is 0. The highest BCUT2D eigenvalue weighted by Crippen LogP contribution is 2.17. The molecule has 1 rings (SSSR count). The number of carbonyl (C=O) groups is 1. The van der Waals surface area contributed by atoms with E-state index in [1.807, 2.05) is 0 Å². The van der Waals surface area contributed by atoms with E-state index in [0.29, 0.717) is 0 Å². The molecule has 0 aliphatic heterocycles. The Kier molecular flexibility index (Phi) is 7.77. The molecule has 0 atom stereocenters. The van der Waals surface area contributed by atoms with E-state index in [4.69, 9.17) is 0 Å². The third-order valence-electron chi connectivity index (χ3n) is 3.70. The molecule has 0 radical (unpaired) electrons. The normalized spacial score (nSPS) is 20.6. The van der Waals surface area contributed by atoms with Crippen LogP contribution in [0.3, 0.4) is 0 Å². The van der Waals surface area contributed by atoms with Crippen molar-refractivity contribution in [1.29, 1.82) is 0 Å². The number of halogens is 3. The molecule has 1 aliphatic rings. The topological polar surface area (TPSA) is 41.1 Å². The second-order valence-corrected chi connectivity index (χ2v) is 5.55. The molecule has 0 saturated heterocycles. The summed E-state index contributed by atoms with van der Waals surface area (Å²) < 4.78 is 36.2. The van der Waals surface area contributed by atoms with E-state index in [2.05, 4.69) is 5.32 Å². The fourth-order valence-electron chi connectivity index (χ4n) is 2.66. The Morgan fingerprint density at radius 3 is 1.60 bits per heavy atom. The Balaban J connectivity index is 2.36. The predicted octanol–water partition coefficient (Wildman–Crippen LogP) is 4.48. The Morgan fingerprint density at radius 1 is 0.800 bits per heavy atom. The molecule has 118 valence electrons. The minimum atomic E-state index is -4.66. The van der Waals surface area contributed by atoms with E-state index >= 15 is 0 Å². The lowest BCUT2D eigenvalue weighted by Crippen LogP contribution is -2.47. The molecular formula is C14H25F3N2O. The fraction of sp³-hybridized carbons (Fsp3) is 0.929. The molecular weight excluding hydrogens is 269 g/mol. The van der Waals surface area contributed by atoms with E-state index in [9.17, 15) is 18.0 Å². The van der Waals surface area contributed by atoms with Crippen molar-refractivity contribution in [2.24, 2.45) is 0 Å². The standard InChI is InChI=1S/C14H25F3N2O/c15-14(16,17)19-13(20)18-12-10-8-6-4-2-1-3-5-7-9-11-12/h12H,1-11H2,(H2,18,19,20). The summed E-state index contributed by atoms with van der Waals surface area (Å²) in [4.78, 5) is 11.3. The number of hydrogen-bond donors (Lipinski definition) is 2. The predicted molar refractivity (Wildman–Crippen MR) is 72.3 cm³/mol. The molecule has 20 heavy (non-hydrogen) atoms. The summed E-state index contributed by atoms with van der Waals surface area (Å²) in [6.07, 6.45) is 7.15. The van der Waals surface area contributed by atoms with Gasteiger partial charge in [-0.3, -0.25) is 0 Å². The molecule has 0 unspecified atom stereocenters. The highest BCUT2D eigenvalue weighted by Gasteiger charge is 2.30. The van der Waals surface area contributed by atoms with Gasteiger partial charge in [0.05, 0.1) is 0 Å². The lowest BCUT2D eigenvalue weighted by atomic mass is 9.98. The van der Waals surface area contributed by atoms with Gasteiger partial charge in [-0.1, -0.05) is 57.8 Å². The molecule has 0 bridgehead atoms. The van der Waals surface area contributed by atoms with Crippen molar-refractivity contribution < 1.29 is 18.0 Å². The van der Waals surface area contributed by atoms with E-state index in [0.717, 1.165) is 43.8 Å². The van der Waals surface area contributed by atoms with Crippen LogP contribution in [0.5, 0.6) is 0 Å². The van der Waals surface area contributed by atoms with Gasteiger partial charge in [0.15, 0.2) is 0 Å². The van der Waals surface area contributed by atoms with Gasteiger partial charge < -0.3 is 5.32 Å². The maximum Gasteiger partial charge on any atom is 0.485 e. The molecule has 0 heterocycles. The number of rotatable bonds is 1. The van der Waals surface area contributed by atoms with Gasteiger partial charge in [0.25, 0.3) is 0 Å². The molecule has 0 aromatic heterocycles. The third-order valence-corrected chi connectivity index (χ3v) is 3.70. The van der Waals surface area contributed by atoms with Crippen LogP contribution >= 0.6 is 0 Å². The van der Waals surface area contributed by atoms with Gasteiger partial charge in [-0.05, 0) is 12.8 Å². The summed E-state index contributed by atoms with van der Waals surface area (Å²) in [6.45, 7) is 0. The van der Waals surface area contributed by atoms with Crippen LogP contribution in [0, 0.1) is 0 Å². The number of carbonyl (C=O) groups excluding carboxylic acids is 1. The van der Waals surface area contributed by atoms with Gasteiger partial charge in [-0.25, -0.2) is 10.1 Å². The summed E-state index contributed by atoms with van der Waals surface area (Å²) in [5.41, 5.74) is 0. The van der Waals surface area contributed by atoms with Gasteiger partial charge in [0.1, 0.15) is 0 Å². The molecule has 1 saturated carbocycles. The molecule has 0 spiro atoms. The first kappa shape index (κ1) is 17.1. The first-order chi connectivity index (χ1) is 9.47. The fourth-order valence-corrected chi connectivity index (χ4v) is 2.66. The summed E-state index contributed by atoms with van der Waals surface area (Å²) in [5, 5.41) is 3.46. The van der Waals surface area contributed by atoms with Gasteiger partial charge in [-0.15, -0.1) is 0 Å². The second-order valence-electron chi connectivity index (χ2n) is 5.55. The summed E-state index contributed by atoms with van der Waals surface area (Å²) in [7, 11) is 0. The van der Waals surface area contributed by atoms with Crippen LogP contribution in [0.2, 0.25) is 0 Å². The quantitative estimate of drug-likeness (QED) is 0.688. The van der Waals surface area contributed by atoms with Gasteiger partial charge in [0, 0.05) is 6.04 Å². The molecule has 6 heteroatoms. The minimum absolute atomic E-state index is 0.142. The van der Waals surface area contributed by atoms with Crippen molar-refractivity contribution in [3.63, 3.8) is 0 Å². The van der Waals surface area contributed by atoms with Crippen LogP contribution in [0.4, 0.5) is 18.0 Å². The Bertz CT molecular complexity index is 270. The second kappa shape index (κ2) is 9.08. The first-order valence-corrected chi connectivity index (χ1v) is 7.63. The smallest absolute Gasteiger partial charge is 0.335 e. The highest BCUT2D eigenvalue weighted by molar-refractivity contribution is 5.74. The lowest BCUT2D eigenvalue weighted by molar-refractivity contribution is -0.145. The molecule has 1 fully saturated rings. The van der Waals surface area contributed by atoms with E-state index in [1.165, 1.54) is 32.1 Å². The summed E-state index contributed by atoms with van der Waals surface area (Å²) in [5.74, 6) is 0. The van der Waals surface area contributed by atoms with Crippen molar-refractivity contribution in [2.45, 2.75) is 83.0 Å². The van der Waals surface area contributed by atoms with Crippen LogP contribution in [0.25, 0.3) is 0 Å². The Labute approximate surface area is 118 Å². The van der Waals surface area contributed by atoms with E-state index in [1.54, 1.807) is 0 Å². The average molecular weight is 294 g/mol. The van der Waals surface area contributed by atoms with Crippen LogP contribution < -0.4 is 10.6 Å². The van der Waals surface area contributed by atoms with Gasteiger partial charge in [-0.2, -0.15) is 13.2 Å². The maximum absolute atomic E-state index is 12.1. The molecule has 2 N–H and O–H groups in total. The zero-order valence-corrected chi connectivity index (χ0v) is 11.9. The number of amides is 2. The molecule has 3 nitrogen and oxygen atoms in total. The SMILES string of the molecule is O=C(NC1CCCCCCCCCCC1)NC(F)(F)F. The molecule has 0 aromatic rings. The van der Waals surface area contributed by atoms with Gasteiger partial charge >= 0.3 is 12.3 Å². The molecule has 0 aromatic carbocycles. The van der Waals surface area contributed by atoms with E-state index < -0.39 is 12.3 Å². The monoisotopic (exact) mass is 294 g/mol. The molecule has 2 amide bonds. The van der Waals surface area contributed by atoms with Crippen molar-refractivity contribution in [3.8, 4) is 0 Å². The zero-order chi connectivity index (χ0) is 14.8. The third kappa shape index (κ3) is 9.04. The van der Waals surface area contributed by atoms with Crippen molar-refractivity contribution in [3.05, 3.63) is 0 Å². The first-order valence-electron chi connectivity index (χ1n) is 7.63. The van der Waals surface area contributed by atoms with Crippen LogP contribution in [-0.2, 0) is 0 Å². The zero-order valence-electron chi connectivity index (χ0n) is 11.9. The van der Waals surface area contributed by atoms with Crippen molar-refractivity contribution in [1.82, 2.24) is 10.6 Å². The average Bonchev–Trinajstić information content (AvgIpc) is 2.30. The number of nitrogens with one attached hydrogen (secondary N) is 2. The van der Waals surface area contributed by atoms with Crippen LogP contribution in [0.1, 0.15) is 70.6 Å². The number of alkyl halides is 3. The van der Waals surface area contributed by atoms with Gasteiger partial charge in [0.2, 0.25) is 0 Å². The maximum atomic E-state index is 12.1. The van der Waals surface area contributed by atoms with Crippen molar-refractivity contribution >= 4 is 6.03 Å². The Morgan fingerprint density at radius 2 is 1.20 bits per heavy atom. The summed E-state index contributed by atoms with van der Waals surface area (Å²) in [6, 6.07) is -1.27. The van der Waals surface area contributed by atoms with E-state index in [-0.39, 0.29) is 6.04 Å². The van der Waals surface area contributed by atoms with Crippen molar-refractivity contribution in [2.75, 3.05) is 0 Å². The largest absolute Gasteiger partial charge is 0.485 e. The van der Waals surface area contributed by atoms with Crippen LogP contribution in [0.15, 0.2) is 0 Å². The number of hydrogen-bond acceptors (Lipinski definition) is 1. The highest BCUT2D eigenvalue weighted by atomic mass is 19.4. The number of urea groups is 1.